The van der Waals surface area contributed by atoms with E-state index in [1.165, 1.54) is 24.8 Å². The molecule has 0 aliphatic heterocycles. The summed E-state index contributed by atoms with van der Waals surface area (Å²) in [6.07, 6.45) is 5.95. The maximum absolute atomic E-state index is 11.5. The number of aromatic amines is 1. The highest BCUT2D eigenvalue weighted by atomic mass is 32.2. The average Bonchev–Trinajstić information content (AvgIpc) is 3.33. The van der Waals surface area contributed by atoms with Gasteiger partial charge in [-0.1, -0.05) is 6.07 Å². The second kappa shape index (κ2) is 5.41. The summed E-state index contributed by atoms with van der Waals surface area (Å²) in [7, 11) is -3.26. The van der Waals surface area contributed by atoms with Crippen LogP contribution in [0.2, 0.25) is 0 Å². The molecule has 1 aliphatic carbocycles. The van der Waals surface area contributed by atoms with Crippen LogP contribution in [0.25, 0.3) is 11.0 Å². The van der Waals surface area contributed by atoms with Gasteiger partial charge in [0.25, 0.3) is 0 Å². The van der Waals surface area contributed by atoms with Crippen molar-refractivity contribution in [1.29, 1.82) is 0 Å². The zero-order chi connectivity index (χ0) is 16.9. The Morgan fingerprint density at radius 1 is 1.21 bits per heavy atom. The maximum Gasteiger partial charge on any atom is 0.192 e. The van der Waals surface area contributed by atoms with E-state index < -0.39 is 9.84 Å². The van der Waals surface area contributed by atoms with Gasteiger partial charge in [-0.2, -0.15) is 0 Å². The molecule has 24 heavy (non-hydrogen) atoms. The SMILES string of the molecule is Cc1[nH]c2ccc(C3CC3)nc2c1Cc1ccc(S(C)(=O)=O)nc1. The second-order valence-corrected chi connectivity index (χ2v) is 8.55. The van der Waals surface area contributed by atoms with Crippen molar-refractivity contribution in [2.75, 3.05) is 6.26 Å². The minimum Gasteiger partial charge on any atom is -0.357 e. The number of hydrogen-bond donors (Lipinski definition) is 1. The first kappa shape index (κ1) is 15.3. The summed E-state index contributed by atoms with van der Waals surface area (Å²) in [4.78, 5) is 12.3. The highest BCUT2D eigenvalue weighted by molar-refractivity contribution is 7.90. The maximum atomic E-state index is 11.5. The minimum atomic E-state index is -3.26. The molecule has 0 saturated heterocycles. The summed E-state index contributed by atoms with van der Waals surface area (Å²) in [6.45, 7) is 2.05. The molecule has 0 unspecified atom stereocenters. The highest BCUT2D eigenvalue weighted by Gasteiger charge is 2.25. The van der Waals surface area contributed by atoms with Gasteiger partial charge in [-0.15, -0.1) is 0 Å². The van der Waals surface area contributed by atoms with E-state index in [0.29, 0.717) is 12.3 Å². The second-order valence-electron chi connectivity index (χ2n) is 6.59. The number of sulfone groups is 1. The summed E-state index contributed by atoms with van der Waals surface area (Å²) >= 11 is 0. The number of nitrogens with zero attached hydrogens (tertiary/aromatic N) is 2. The molecule has 0 amide bonds. The fourth-order valence-corrected chi connectivity index (χ4v) is 3.58. The van der Waals surface area contributed by atoms with Crippen molar-refractivity contribution in [1.82, 2.24) is 15.0 Å². The van der Waals surface area contributed by atoms with Crippen LogP contribution >= 0.6 is 0 Å². The first-order valence-corrected chi connectivity index (χ1v) is 9.94. The van der Waals surface area contributed by atoms with Crippen LogP contribution in [0.1, 0.15) is 41.3 Å². The number of fused-ring (bicyclic) bond motifs is 1. The molecule has 3 aromatic heterocycles. The van der Waals surface area contributed by atoms with Gasteiger partial charge in [0.1, 0.15) is 0 Å². The topological polar surface area (TPSA) is 75.7 Å². The lowest BCUT2D eigenvalue weighted by atomic mass is 10.1. The van der Waals surface area contributed by atoms with Gasteiger partial charge in [0.15, 0.2) is 14.9 Å². The van der Waals surface area contributed by atoms with E-state index in [0.717, 1.165) is 27.9 Å². The Hall–Kier alpha value is -2.21. The van der Waals surface area contributed by atoms with E-state index in [1.54, 1.807) is 12.3 Å². The molecular weight excluding hydrogens is 322 g/mol. The lowest BCUT2D eigenvalue weighted by Crippen LogP contribution is -2.01. The van der Waals surface area contributed by atoms with Crippen molar-refractivity contribution in [3.63, 3.8) is 0 Å². The normalized spacial score (nSPS) is 15.1. The fourth-order valence-electron chi connectivity index (χ4n) is 3.02. The zero-order valence-electron chi connectivity index (χ0n) is 13.7. The van der Waals surface area contributed by atoms with Gasteiger partial charge in [-0.3, -0.25) is 4.98 Å². The number of hydrogen-bond acceptors (Lipinski definition) is 4. The Morgan fingerprint density at radius 3 is 2.62 bits per heavy atom. The van der Waals surface area contributed by atoms with Crippen LogP contribution in [-0.2, 0) is 16.3 Å². The molecule has 1 aliphatic rings. The molecular formula is C18H19N3O2S. The number of aromatic nitrogens is 3. The van der Waals surface area contributed by atoms with E-state index in [2.05, 4.69) is 22.1 Å². The largest absolute Gasteiger partial charge is 0.357 e. The first-order valence-electron chi connectivity index (χ1n) is 8.05. The molecule has 0 radical (unpaired) electrons. The molecule has 3 aromatic rings. The standard InChI is InChI=1S/C18H19N3O2S/c1-11-14(9-12-3-8-17(19-10-12)24(2,22)23)18-16(20-11)7-6-15(21-18)13-4-5-13/h3,6-8,10,13,20H,4-5,9H2,1-2H3. The molecule has 1 fully saturated rings. The van der Waals surface area contributed by atoms with Gasteiger partial charge in [-0.25, -0.2) is 13.4 Å². The van der Waals surface area contributed by atoms with Crippen LogP contribution in [0.15, 0.2) is 35.5 Å². The minimum absolute atomic E-state index is 0.107. The number of rotatable bonds is 4. The fraction of sp³-hybridized carbons (Fsp3) is 0.333. The summed E-state index contributed by atoms with van der Waals surface area (Å²) in [5.41, 5.74) is 6.47. The van der Waals surface area contributed by atoms with E-state index in [-0.39, 0.29) is 5.03 Å². The van der Waals surface area contributed by atoms with Crippen LogP contribution < -0.4 is 0 Å². The van der Waals surface area contributed by atoms with Crippen LogP contribution in [0.4, 0.5) is 0 Å². The zero-order valence-corrected chi connectivity index (χ0v) is 14.5. The Morgan fingerprint density at radius 2 is 2.00 bits per heavy atom. The van der Waals surface area contributed by atoms with Crippen molar-refractivity contribution < 1.29 is 8.42 Å². The quantitative estimate of drug-likeness (QED) is 0.791. The van der Waals surface area contributed by atoms with E-state index >= 15 is 0 Å². The highest BCUT2D eigenvalue weighted by Crippen LogP contribution is 2.39. The summed E-state index contributed by atoms with van der Waals surface area (Å²) in [5.74, 6) is 0.619. The average molecular weight is 341 g/mol. The summed E-state index contributed by atoms with van der Waals surface area (Å²) < 4.78 is 23.0. The van der Waals surface area contributed by atoms with Crippen LogP contribution in [0.3, 0.4) is 0 Å². The molecule has 0 aromatic carbocycles. The van der Waals surface area contributed by atoms with Gasteiger partial charge in [0, 0.05) is 41.7 Å². The van der Waals surface area contributed by atoms with Gasteiger partial charge < -0.3 is 4.98 Å². The van der Waals surface area contributed by atoms with Crippen LogP contribution in [0, 0.1) is 6.92 Å². The smallest absolute Gasteiger partial charge is 0.192 e. The molecule has 3 heterocycles. The van der Waals surface area contributed by atoms with Crippen molar-refractivity contribution in [3.05, 3.63) is 53.0 Å². The van der Waals surface area contributed by atoms with Crippen LogP contribution in [0.5, 0.6) is 0 Å². The molecule has 0 bridgehead atoms. The molecule has 0 atom stereocenters. The van der Waals surface area contributed by atoms with Crippen LogP contribution in [-0.4, -0.2) is 29.6 Å². The Balaban J connectivity index is 1.71. The molecule has 1 saturated carbocycles. The number of pyridine rings is 2. The van der Waals surface area contributed by atoms with E-state index in [4.69, 9.17) is 4.98 Å². The molecule has 124 valence electrons. The van der Waals surface area contributed by atoms with Crippen molar-refractivity contribution in [3.8, 4) is 0 Å². The Labute approximate surface area is 141 Å². The molecule has 4 rings (SSSR count). The third kappa shape index (κ3) is 2.82. The van der Waals surface area contributed by atoms with Gasteiger partial charge in [-0.05, 0) is 43.5 Å². The molecule has 0 spiro atoms. The number of aryl methyl sites for hydroxylation is 1. The molecule has 1 N–H and O–H groups in total. The number of nitrogens with one attached hydrogen (secondary N) is 1. The van der Waals surface area contributed by atoms with Gasteiger partial charge in [0.05, 0.1) is 11.0 Å². The Kier molecular flexibility index (Phi) is 3.46. The van der Waals surface area contributed by atoms with Crippen molar-refractivity contribution in [2.24, 2.45) is 0 Å². The van der Waals surface area contributed by atoms with E-state index in [1.807, 2.05) is 13.0 Å². The lowest BCUT2D eigenvalue weighted by Gasteiger charge is -2.04. The number of H-pyrrole nitrogens is 1. The summed E-state index contributed by atoms with van der Waals surface area (Å²) in [6, 6.07) is 7.62. The predicted molar refractivity (Wildman–Crippen MR) is 93.0 cm³/mol. The van der Waals surface area contributed by atoms with Crippen molar-refractivity contribution >= 4 is 20.9 Å². The molecule has 6 heteroatoms. The monoisotopic (exact) mass is 341 g/mol. The third-order valence-electron chi connectivity index (χ3n) is 4.53. The van der Waals surface area contributed by atoms with Crippen molar-refractivity contribution in [2.45, 2.75) is 37.1 Å². The van der Waals surface area contributed by atoms with E-state index in [9.17, 15) is 8.42 Å². The van der Waals surface area contributed by atoms with Gasteiger partial charge in [0.2, 0.25) is 0 Å². The first-order chi connectivity index (χ1) is 11.4. The lowest BCUT2D eigenvalue weighted by molar-refractivity contribution is 0.598. The Bertz CT molecular complexity index is 1020. The third-order valence-corrected chi connectivity index (χ3v) is 5.53. The molecule has 5 nitrogen and oxygen atoms in total. The summed E-state index contributed by atoms with van der Waals surface area (Å²) in [5, 5.41) is 0.107. The van der Waals surface area contributed by atoms with Gasteiger partial charge >= 0.3 is 0 Å². The predicted octanol–water partition coefficient (Wildman–Crippen LogP) is 3.14.